The molecule has 0 saturated carbocycles. The van der Waals surface area contributed by atoms with Crippen molar-refractivity contribution in [3.63, 3.8) is 0 Å². The summed E-state index contributed by atoms with van der Waals surface area (Å²) in [5, 5.41) is 8.60. The third-order valence-corrected chi connectivity index (χ3v) is 3.88. The van der Waals surface area contributed by atoms with Crippen molar-refractivity contribution in [2.75, 3.05) is 13.2 Å². The van der Waals surface area contributed by atoms with Crippen molar-refractivity contribution in [3.8, 4) is 0 Å². The molecule has 0 aliphatic rings. The first-order chi connectivity index (χ1) is 8.53. The molecule has 4 N–H and O–H groups in total. The number of aromatic amines is 2. The van der Waals surface area contributed by atoms with Gasteiger partial charge in [0.25, 0.3) is 0 Å². The first kappa shape index (κ1) is 12.8. The third kappa shape index (κ3) is 2.61. The molecule has 1 heterocycles. The van der Waals surface area contributed by atoms with E-state index in [2.05, 4.69) is 14.7 Å². The van der Waals surface area contributed by atoms with E-state index in [1.54, 1.807) is 0 Å². The van der Waals surface area contributed by atoms with Crippen molar-refractivity contribution in [1.29, 1.82) is 0 Å². The number of nitrogens with one attached hydrogen (secondary N) is 3. The number of aliphatic hydroxyl groups excluding tert-OH is 1. The van der Waals surface area contributed by atoms with E-state index in [1.807, 2.05) is 0 Å². The second kappa shape index (κ2) is 4.92. The number of fused-ring (bicyclic) bond motifs is 1. The fourth-order valence-electron chi connectivity index (χ4n) is 1.55. The first-order valence-corrected chi connectivity index (χ1v) is 6.84. The van der Waals surface area contributed by atoms with E-state index in [0.717, 1.165) is 0 Å². The Kier molecular flexibility index (Phi) is 3.50. The van der Waals surface area contributed by atoms with E-state index in [-0.39, 0.29) is 23.7 Å². The van der Waals surface area contributed by atoms with Crippen LogP contribution >= 0.6 is 0 Å². The summed E-state index contributed by atoms with van der Waals surface area (Å²) in [5.74, 6) is 0. The zero-order valence-corrected chi connectivity index (χ0v) is 10.3. The van der Waals surface area contributed by atoms with Crippen LogP contribution in [0, 0.1) is 0 Å². The van der Waals surface area contributed by atoms with E-state index >= 15 is 0 Å². The van der Waals surface area contributed by atoms with Crippen LogP contribution in [0.2, 0.25) is 0 Å². The predicted molar refractivity (Wildman–Crippen MR) is 65.8 cm³/mol. The van der Waals surface area contributed by atoms with Gasteiger partial charge in [-0.3, -0.25) is 0 Å². The molecule has 0 amide bonds. The summed E-state index contributed by atoms with van der Waals surface area (Å²) in [7, 11) is -3.61. The largest absolute Gasteiger partial charge is 0.396 e. The Morgan fingerprint density at radius 1 is 1.22 bits per heavy atom. The molecule has 1 aromatic carbocycles. The van der Waals surface area contributed by atoms with Crippen molar-refractivity contribution >= 4 is 21.1 Å². The predicted octanol–water partition coefficient (Wildman–Crippen LogP) is -0.483. The Morgan fingerprint density at radius 3 is 2.67 bits per heavy atom. The van der Waals surface area contributed by atoms with Gasteiger partial charge < -0.3 is 15.1 Å². The number of rotatable bonds is 5. The Hall–Kier alpha value is -1.64. The maximum absolute atomic E-state index is 11.9. The average Bonchev–Trinajstić information content (AvgIpc) is 2.68. The molecule has 98 valence electrons. The van der Waals surface area contributed by atoms with E-state index < -0.39 is 10.0 Å². The molecule has 0 radical (unpaired) electrons. The molecule has 0 bridgehead atoms. The summed E-state index contributed by atoms with van der Waals surface area (Å²) in [6.07, 6.45) is 0.350. The maximum Gasteiger partial charge on any atom is 0.323 e. The summed E-state index contributed by atoms with van der Waals surface area (Å²) >= 11 is 0. The van der Waals surface area contributed by atoms with Crippen LogP contribution in [-0.2, 0) is 10.0 Å². The topological polar surface area (TPSA) is 115 Å². The summed E-state index contributed by atoms with van der Waals surface area (Å²) in [4.78, 5) is 16.2. The SMILES string of the molecule is O=c1[nH]c2ccc(S(=O)(=O)NCCCO)cc2[nH]1. The van der Waals surface area contributed by atoms with Gasteiger partial charge in [0, 0.05) is 13.2 Å². The Bertz CT molecular complexity index is 701. The zero-order chi connectivity index (χ0) is 13.2. The number of benzene rings is 1. The fraction of sp³-hybridized carbons (Fsp3) is 0.300. The van der Waals surface area contributed by atoms with Crippen molar-refractivity contribution in [2.24, 2.45) is 0 Å². The van der Waals surface area contributed by atoms with Gasteiger partial charge in [-0.1, -0.05) is 0 Å². The van der Waals surface area contributed by atoms with Crippen molar-refractivity contribution < 1.29 is 13.5 Å². The lowest BCUT2D eigenvalue weighted by Gasteiger charge is -2.05. The van der Waals surface area contributed by atoms with Crippen LogP contribution in [0.15, 0.2) is 27.9 Å². The Morgan fingerprint density at radius 2 is 1.94 bits per heavy atom. The normalized spacial score (nSPS) is 12.1. The van der Waals surface area contributed by atoms with E-state index in [4.69, 9.17) is 5.11 Å². The molecule has 1 aromatic heterocycles. The molecule has 0 aliphatic heterocycles. The number of hydrogen-bond acceptors (Lipinski definition) is 4. The van der Waals surface area contributed by atoms with Crippen LogP contribution in [0.3, 0.4) is 0 Å². The molecule has 0 saturated heterocycles. The summed E-state index contributed by atoms with van der Waals surface area (Å²) in [5.41, 5.74) is 0.604. The quantitative estimate of drug-likeness (QED) is 0.549. The monoisotopic (exact) mass is 271 g/mol. The zero-order valence-electron chi connectivity index (χ0n) is 9.43. The Balaban J connectivity index is 2.32. The molecular formula is C10H13N3O4S. The lowest BCUT2D eigenvalue weighted by atomic mass is 10.3. The standard InChI is InChI=1S/C10H13N3O4S/c14-5-1-4-11-18(16,17)7-2-3-8-9(6-7)13-10(15)12-8/h2-3,6,11,14H,1,4-5H2,(H2,12,13,15). The summed E-state index contributed by atoms with van der Waals surface area (Å²) in [6.45, 7) is 0.0905. The molecule has 0 aliphatic carbocycles. The molecule has 0 unspecified atom stereocenters. The van der Waals surface area contributed by atoms with Crippen LogP contribution in [0.25, 0.3) is 11.0 Å². The average molecular weight is 271 g/mol. The molecule has 2 rings (SSSR count). The van der Waals surface area contributed by atoms with Crippen LogP contribution < -0.4 is 10.4 Å². The van der Waals surface area contributed by atoms with Gasteiger partial charge in [0.05, 0.1) is 15.9 Å². The smallest absolute Gasteiger partial charge is 0.323 e. The number of aliphatic hydroxyl groups is 1. The van der Waals surface area contributed by atoms with Gasteiger partial charge in [-0.15, -0.1) is 0 Å². The van der Waals surface area contributed by atoms with Gasteiger partial charge >= 0.3 is 5.69 Å². The molecule has 18 heavy (non-hydrogen) atoms. The number of hydrogen-bond donors (Lipinski definition) is 4. The van der Waals surface area contributed by atoms with Crippen LogP contribution in [0.4, 0.5) is 0 Å². The van der Waals surface area contributed by atoms with Gasteiger partial charge in [0.2, 0.25) is 10.0 Å². The second-order valence-electron chi connectivity index (χ2n) is 3.76. The van der Waals surface area contributed by atoms with Crippen LogP contribution in [0.5, 0.6) is 0 Å². The molecule has 0 atom stereocenters. The van der Waals surface area contributed by atoms with Gasteiger partial charge in [-0.05, 0) is 24.6 Å². The molecule has 2 aromatic rings. The Labute approximate surface area is 103 Å². The number of imidazole rings is 1. The van der Waals surface area contributed by atoms with Crippen molar-refractivity contribution in [3.05, 3.63) is 28.7 Å². The highest BCUT2D eigenvalue weighted by molar-refractivity contribution is 7.89. The molecule has 0 spiro atoms. The van der Waals surface area contributed by atoms with E-state index in [9.17, 15) is 13.2 Å². The molecular weight excluding hydrogens is 258 g/mol. The molecule has 0 fully saturated rings. The van der Waals surface area contributed by atoms with Crippen LogP contribution in [-0.4, -0.2) is 36.6 Å². The second-order valence-corrected chi connectivity index (χ2v) is 5.53. The molecule has 7 nitrogen and oxygen atoms in total. The highest BCUT2D eigenvalue weighted by atomic mass is 32.2. The minimum Gasteiger partial charge on any atom is -0.396 e. The maximum atomic E-state index is 11.9. The highest BCUT2D eigenvalue weighted by Crippen LogP contribution is 2.14. The highest BCUT2D eigenvalue weighted by Gasteiger charge is 2.14. The van der Waals surface area contributed by atoms with Gasteiger partial charge in [0.1, 0.15) is 0 Å². The fourth-order valence-corrected chi connectivity index (χ4v) is 2.65. The van der Waals surface area contributed by atoms with E-state index in [1.165, 1.54) is 18.2 Å². The lowest BCUT2D eigenvalue weighted by Crippen LogP contribution is -2.25. The van der Waals surface area contributed by atoms with Crippen LogP contribution in [0.1, 0.15) is 6.42 Å². The van der Waals surface area contributed by atoms with Crippen molar-refractivity contribution in [1.82, 2.24) is 14.7 Å². The summed E-state index contributed by atoms with van der Waals surface area (Å²) < 4.78 is 26.1. The molecule has 8 heteroatoms. The van der Waals surface area contributed by atoms with E-state index in [0.29, 0.717) is 17.5 Å². The minimum atomic E-state index is -3.61. The van der Waals surface area contributed by atoms with Gasteiger partial charge in [0.15, 0.2) is 0 Å². The van der Waals surface area contributed by atoms with Gasteiger partial charge in [-0.25, -0.2) is 17.9 Å². The third-order valence-electron chi connectivity index (χ3n) is 2.42. The number of H-pyrrole nitrogens is 2. The number of aromatic nitrogens is 2. The number of sulfonamides is 1. The first-order valence-electron chi connectivity index (χ1n) is 5.35. The van der Waals surface area contributed by atoms with Gasteiger partial charge in [-0.2, -0.15) is 0 Å². The van der Waals surface area contributed by atoms with Crippen molar-refractivity contribution in [2.45, 2.75) is 11.3 Å². The lowest BCUT2D eigenvalue weighted by molar-refractivity contribution is 0.289. The summed E-state index contributed by atoms with van der Waals surface area (Å²) in [6, 6.07) is 4.32. The minimum absolute atomic E-state index is 0.0724.